The Morgan fingerprint density at radius 3 is 1.96 bits per heavy atom. The van der Waals surface area contributed by atoms with Crippen LogP contribution in [0.5, 0.6) is 0 Å². The lowest BCUT2D eigenvalue weighted by molar-refractivity contribution is -0.130. The number of sulfonamides is 1. The van der Waals surface area contributed by atoms with Crippen LogP contribution in [0.2, 0.25) is 0 Å². The average molecular weight is 647 g/mol. The van der Waals surface area contributed by atoms with Gasteiger partial charge in [0.05, 0.1) is 16.4 Å². The highest BCUT2D eigenvalue weighted by molar-refractivity contribution is 7.91. The second kappa shape index (κ2) is 14.4. The van der Waals surface area contributed by atoms with Crippen LogP contribution >= 0.6 is 0 Å². The van der Waals surface area contributed by atoms with E-state index in [0.717, 1.165) is 19.3 Å². The normalized spacial score (nSPS) is 25.6. The lowest BCUT2D eigenvalue weighted by Gasteiger charge is -2.55. The summed E-state index contributed by atoms with van der Waals surface area (Å²) in [6.45, 7) is 5.32. The summed E-state index contributed by atoms with van der Waals surface area (Å²) in [7, 11) is -3.88. The number of carbonyl (C=O) groups excluding carboxylic acids is 4. The molecular formula is C32H46N4O8S. The number of unbranched alkanes of at least 4 members (excludes halogenated alkanes) is 1. The summed E-state index contributed by atoms with van der Waals surface area (Å²) >= 11 is 0. The van der Waals surface area contributed by atoms with Gasteiger partial charge in [0.2, 0.25) is 21.8 Å². The van der Waals surface area contributed by atoms with Gasteiger partial charge in [-0.2, -0.15) is 0 Å². The third kappa shape index (κ3) is 8.29. The summed E-state index contributed by atoms with van der Waals surface area (Å²) in [6, 6.07) is 2.70. The number of amides is 3. The molecule has 0 aliphatic heterocycles. The van der Waals surface area contributed by atoms with Gasteiger partial charge in [-0.25, -0.2) is 17.9 Å². The first-order valence-corrected chi connectivity index (χ1v) is 17.4. The molecule has 0 aromatic heterocycles. The van der Waals surface area contributed by atoms with Crippen LogP contribution in [0.4, 0.5) is 0 Å². The molecule has 3 atom stereocenters. The summed E-state index contributed by atoms with van der Waals surface area (Å²) in [5, 5.41) is 17.0. The fraction of sp³-hybridized carbons (Fsp3) is 0.656. The van der Waals surface area contributed by atoms with Crippen molar-refractivity contribution < 1.29 is 37.5 Å². The van der Waals surface area contributed by atoms with E-state index in [9.17, 15) is 32.4 Å². The Kier molecular flexibility index (Phi) is 11.1. The van der Waals surface area contributed by atoms with Crippen molar-refractivity contribution in [1.82, 2.24) is 20.7 Å². The second-order valence-corrected chi connectivity index (χ2v) is 15.7. The zero-order valence-corrected chi connectivity index (χ0v) is 27.0. The highest BCUT2D eigenvalue weighted by Gasteiger charge is 2.58. The maximum absolute atomic E-state index is 14.0. The monoisotopic (exact) mass is 646 g/mol. The molecule has 0 spiro atoms. The van der Waals surface area contributed by atoms with E-state index in [1.807, 2.05) is 0 Å². The molecule has 248 valence electrons. The van der Waals surface area contributed by atoms with Crippen molar-refractivity contribution in [3.8, 4) is 0 Å². The number of benzene rings is 1. The molecule has 1 unspecified atom stereocenters. The quantitative estimate of drug-likeness (QED) is 0.134. The van der Waals surface area contributed by atoms with Crippen LogP contribution in [0.15, 0.2) is 24.3 Å². The second-order valence-electron chi connectivity index (χ2n) is 13.6. The van der Waals surface area contributed by atoms with E-state index in [4.69, 9.17) is 5.11 Å². The molecule has 5 N–H and O–H groups in total. The van der Waals surface area contributed by atoms with Gasteiger partial charge in [-0.1, -0.05) is 13.8 Å². The predicted molar refractivity (Wildman–Crippen MR) is 167 cm³/mol. The zero-order valence-electron chi connectivity index (χ0n) is 26.2. The largest absolute Gasteiger partial charge is 0.478 e. The first-order chi connectivity index (χ1) is 21.2. The Hall–Kier alpha value is -3.32. The molecule has 4 saturated carbocycles. The van der Waals surface area contributed by atoms with Crippen molar-refractivity contribution in [2.24, 2.45) is 23.7 Å². The van der Waals surface area contributed by atoms with Crippen LogP contribution in [0, 0.1) is 23.7 Å². The van der Waals surface area contributed by atoms with Crippen molar-refractivity contribution in [3.63, 3.8) is 0 Å². The molecule has 4 aliphatic rings. The Labute approximate surface area is 264 Å². The van der Waals surface area contributed by atoms with E-state index < -0.39 is 50.7 Å². The van der Waals surface area contributed by atoms with E-state index in [1.54, 1.807) is 13.8 Å². The van der Waals surface area contributed by atoms with Gasteiger partial charge in [0.15, 0.2) is 0 Å². The van der Waals surface area contributed by atoms with Crippen molar-refractivity contribution in [2.45, 2.75) is 101 Å². The third-order valence-corrected chi connectivity index (χ3v) is 11.9. The van der Waals surface area contributed by atoms with Gasteiger partial charge in [-0.05, 0) is 113 Å². The van der Waals surface area contributed by atoms with Crippen molar-refractivity contribution in [3.05, 3.63) is 35.4 Å². The predicted octanol–water partition coefficient (Wildman–Crippen LogP) is 2.39. The number of hydrogen-bond acceptors (Lipinski definition) is 7. The summed E-state index contributed by atoms with van der Waals surface area (Å²) in [5.74, 6) is -1.61. The molecule has 5 rings (SSSR count). The fourth-order valence-electron chi connectivity index (χ4n) is 7.48. The van der Waals surface area contributed by atoms with Crippen LogP contribution < -0.4 is 20.7 Å². The molecule has 0 radical (unpaired) electrons. The van der Waals surface area contributed by atoms with E-state index >= 15 is 0 Å². The minimum Gasteiger partial charge on any atom is -0.478 e. The number of hydrogen-bond donors (Lipinski definition) is 5. The highest BCUT2D eigenvalue weighted by Crippen LogP contribution is 2.58. The minimum absolute atomic E-state index is 0.0714. The van der Waals surface area contributed by atoms with Gasteiger partial charge in [0.1, 0.15) is 18.4 Å². The molecule has 12 nitrogen and oxygen atoms in total. The molecule has 1 aromatic rings. The first-order valence-electron chi connectivity index (χ1n) is 15.9. The number of carboxylic acid groups (broad SMARTS) is 1. The zero-order chi connectivity index (χ0) is 32.9. The van der Waals surface area contributed by atoms with E-state index in [2.05, 4.69) is 20.7 Å². The number of carbonyl (C=O) groups is 5. The van der Waals surface area contributed by atoms with Crippen molar-refractivity contribution in [1.29, 1.82) is 0 Å². The highest BCUT2D eigenvalue weighted by atomic mass is 32.2. The number of aldehydes is 1. The summed E-state index contributed by atoms with van der Waals surface area (Å²) in [4.78, 5) is 61.1. The molecule has 13 heteroatoms. The maximum Gasteiger partial charge on any atom is 0.335 e. The number of nitrogens with one attached hydrogen (secondary N) is 4. The molecule has 1 aromatic carbocycles. The van der Waals surface area contributed by atoms with Crippen LogP contribution in [0.1, 0.15) is 99.3 Å². The van der Waals surface area contributed by atoms with Crippen LogP contribution in [0.3, 0.4) is 0 Å². The third-order valence-electron chi connectivity index (χ3n) is 9.69. The van der Waals surface area contributed by atoms with Crippen LogP contribution in [0.25, 0.3) is 0 Å². The molecule has 3 amide bonds. The first kappa shape index (κ1) is 34.6. The van der Waals surface area contributed by atoms with E-state index in [-0.39, 0.29) is 30.4 Å². The summed E-state index contributed by atoms with van der Waals surface area (Å²) < 4.78 is 29.8. The molecule has 4 aliphatic carbocycles. The number of rotatable bonds is 16. The maximum atomic E-state index is 14.0. The molecule has 4 fully saturated rings. The Balaban J connectivity index is 1.38. The molecule has 45 heavy (non-hydrogen) atoms. The molecule has 0 heterocycles. The van der Waals surface area contributed by atoms with E-state index in [0.29, 0.717) is 61.7 Å². The van der Waals surface area contributed by atoms with Crippen LogP contribution in [-0.2, 0) is 24.4 Å². The SMILES string of the molecule is CC(C)C(C=O)NC(=O)[C@H](C)NC(=O)[C@H](CCCCNC(=O)c1ccc(C(=O)O)cc1)NS(=O)(=O)C12CC3CC(CC(C3)C1)C2. The summed E-state index contributed by atoms with van der Waals surface area (Å²) in [5.41, 5.74) is 0.379. The molecular weight excluding hydrogens is 600 g/mol. The standard InChI is InChI=1S/C32H46N4O8S/c1-19(2)27(18-37)35-28(38)20(3)34-30(40)26(6-4-5-11-33-29(39)24-7-9-25(10-8-24)31(41)42)36-45(43,44)32-15-21-12-22(16-32)14-23(13-21)17-32/h7-10,18-23,26-27,36H,4-6,11-17H2,1-3H3,(H,33,39)(H,34,40)(H,35,38)(H,41,42)/t20-,21?,22?,23?,26-,27?,32?/m0/s1. The Bertz CT molecular complexity index is 1340. The molecule has 0 saturated heterocycles. The van der Waals surface area contributed by atoms with Crippen LogP contribution in [-0.4, -0.2) is 72.9 Å². The minimum atomic E-state index is -3.88. The lowest BCUT2D eigenvalue weighted by Crippen LogP contribution is -2.61. The van der Waals surface area contributed by atoms with Crippen molar-refractivity contribution >= 4 is 40.0 Å². The topological polar surface area (TPSA) is 188 Å². The van der Waals surface area contributed by atoms with Gasteiger partial charge in [-0.15, -0.1) is 0 Å². The van der Waals surface area contributed by atoms with Gasteiger partial charge in [0.25, 0.3) is 5.91 Å². The fourth-order valence-corrected chi connectivity index (χ4v) is 9.70. The Morgan fingerprint density at radius 1 is 0.889 bits per heavy atom. The van der Waals surface area contributed by atoms with Gasteiger partial charge in [0, 0.05) is 12.1 Å². The molecule has 4 bridgehead atoms. The smallest absolute Gasteiger partial charge is 0.335 e. The number of aromatic carboxylic acids is 1. The van der Waals surface area contributed by atoms with Crippen molar-refractivity contribution in [2.75, 3.05) is 6.54 Å². The van der Waals surface area contributed by atoms with Gasteiger partial charge < -0.3 is 25.9 Å². The van der Waals surface area contributed by atoms with E-state index in [1.165, 1.54) is 31.2 Å². The lowest BCUT2D eigenvalue weighted by atomic mass is 9.56. The number of carboxylic acids is 1. The average Bonchev–Trinajstić information content (AvgIpc) is 2.97. The Morgan fingerprint density at radius 2 is 1.44 bits per heavy atom. The van der Waals surface area contributed by atoms with Gasteiger partial charge >= 0.3 is 5.97 Å². The van der Waals surface area contributed by atoms with Gasteiger partial charge in [-0.3, -0.25) is 14.4 Å². The summed E-state index contributed by atoms with van der Waals surface area (Å²) in [6.07, 6.45) is 6.65.